The molecule has 14 nitrogen and oxygen atoms in total. The lowest BCUT2D eigenvalue weighted by atomic mass is 9.95. The van der Waals surface area contributed by atoms with Crippen molar-refractivity contribution in [1.82, 2.24) is 31.1 Å². The number of imide groups is 1. The van der Waals surface area contributed by atoms with Crippen LogP contribution < -0.4 is 26.0 Å². The average Bonchev–Trinajstić information content (AvgIpc) is 3.64. The molecule has 250 valence electrons. The Bertz CT molecular complexity index is 1750. The molecule has 1 fully saturated rings. The highest BCUT2D eigenvalue weighted by molar-refractivity contribution is 6.08. The van der Waals surface area contributed by atoms with Gasteiger partial charge in [-0.05, 0) is 57.6 Å². The summed E-state index contributed by atoms with van der Waals surface area (Å²) in [5, 5.41) is 10.4. The SMILES string of the molecule is COc1ccc2c(c1)C(=O)N(C[C@@]1(c3cc4cc(C(=O)NCCN(C)CCNC(=O)OC(C)(C)C)c(F)cc4o3)NC(=O)NC1=O)C2. The second-order valence-corrected chi connectivity index (χ2v) is 12.5. The van der Waals surface area contributed by atoms with Gasteiger partial charge in [-0.15, -0.1) is 0 Å². The number of likely N-dealkylation sites (N-methyl/N-ethyl adjacent to an activating group) is 1. The topological polar surface area (TPSA) is 172 Å². The number of urea groups is 1. The average molecular weight is 653 g/mol. The minimum atomic E-state index is -1.81. The molecule has 0 saturated carbocycles. The molecule has 2 aliphatic heterocycles. The Morgan fingerprint density at radius 1 is 1.09 bits per heavy atom. The molecule has 47 heavy (non-hydrogen) atoms. The number of furan rings is 1. The summed E-state index contributed by atoms with van der Waals surface area (Å²) in [6.07, 6.45) is -0.523. The normalized spacial score (nSPS) is 17.5. The third-order valence-corrected chi connectivity index (χ3v) is 7.78. The first-order chi connectivity index (χ1) is 22.2. The Labute approximate surface area is 269 Å². The summed E-state index contributed by atoms with van der Waals surface area (Å²) in [6, 6.07) is 8.08. The van der Waals surface area contributed by atoms with Crippen LogP contribution in [0.15, 0.2) is 40.8 Å². The van der Waals surface area contributed by atoms with Crippen LogP contribution >= 0.6 is 0 Å². The van der Waals surface area contributed by atoms with Crippen molar-refractivity contribution in [3.8, 4) is 5.75 Å². The third-order valence-electron chi connectivity index (χ3n) is 7.78. The summed E-state index contributed by atoms with van der Waals surface area (Å²) in [4.78, 5) is 66.9. The van der Waals surface area contributed by atoms with Gasteiger partial charge in [0.2, 0.25) is 0 Å². The first kappa shape index (κ1) is 33.2. The number of nitrogens with one attached hydrogen (secondary N) is 4. The molecule has 0 aliphatic carbocycles. The molecule has 6 amide bonds. The lowest BCUT2D eigenvalue weighted by Gasteiger charge is -2.29. The molecule has 1 aromatic heterocycles. The third kappa shape index (κ3) is 7.14. The number of benzene rings is 2. The van der Waals surface area contributed by atoms with Crippen LogP contribution in [0.25, 0.3) is 11.0 Å². The van der Waals surface area contributed by atoms with E-state index in [2.05, 4.69) is 21.3 Å². The van der Waals surface area contributed by atoms with E-state index >= 15 is 4.39 Å². The van der Waals surface area contributed by atoms with Crippen LogP contribution in [0.4, 0.5) is 14.0 Å². The molecule has 4 N–H and O–H groups in total. The van der Waals surface area contributed by atoms with Gasteiger partial charge in [0.05, 0.1) is 19.2 Å². The number of carbonyl (C=O) groups is 5. The van der Waals surface area contributed by atoms with Crippen LogP contribution in [0.3, 0.4) is 0 Å². The molecule has 0 bridgehead atoms. The number of hydrogen-bond acceptors (Lipinski definition) is 9. The fourth-order valence-electron chi connectivity index (χ4n) is 5.41. The molecule has 5 rings (SSSR count). The van der Waals surface area contributed by atoms with Crippen LogP contribution in [0.1, 0.15) is 52.8 Å². The van der Waals surface area contributed by atoms with E-state index < -0.39 is 40.9 Å². The zero-order chi connectivity index (χ0) is 34.1. The Morgan fingerprint density at radius 3 is 2.47 bits per heavy atom. The first-order valence-electron chi connectivity index (χ1n) is 15.0. The van der Waals surface area contributed by atoms with E-state index in [0.717, 1.165) is 11.6 Å². The van der Waals surface area contributed by atoms with Gasteiger partial charge in [-0.3, -0.25) is 19.7 Å². The molecule has 2 aliphatic rings. The number of nitrogens with zero attached hydrogens (tertiary/aromatic N) is 2. The minimum absolute atomic E-state index is 0.0317. The van der Waals surface area contributed by atoms with Crippen molar-refractivity contribution in [2.45, 2.75) is 38.5 Å². The summed E-state index contributed by atoms with van der Waals surface area (Å²) >= 11 is 0. The van der Waals surface area contributed by atoms with Gasteiger partial charge >= 0.3 is 12.1 Å². The summed E-state index contributed by atoms with van der Waals surface area (Å²) in [6.45, 7) is 6.67. The van der Waals surface area contributed by atoms with E-state index in [1.165, 1.54) is 24.1 Å². The standard InChI is InChI=1S/C32H37FN6O8/c1-31(2,3)47-30(44)35-9-11-38(4)10-8-34-26(40)22-12-19-13-25(46-24(19)15-23(22)33)32(28(42)36-29(43)37-32)17-39-16-18-6-7-20(45-5)14-21(18)27(39)41/h6-7,12-15H,8-11,16-17H2,1-5H3,(H,34,40)(H,35,44)(H2,36,37,42,43)/t32-/m0/s1. The maximum absolute atomic E-state index is 15.1. The Kier molecular flexibility index (Phi) is 9.11. The first-order valence-corrected chi connectivity index (χ1v) is 15.0. The number of methoxy groups -OCH3 is 1. The molecule has 1 saturated heterocycles. The van der Waals surface area contributed by atoms with Crippen LogP contribution in [0, 0.1) is 5.82 Å². The van der Waals surface area contributed by atoms with Gasteiger partial charge in [0, 0.05) is 49.7 Å². The smallest absolute Gasteiger partial charge is 0.407 e. The molecule has 3 aromatic rings. The van der Waals surface area contributed by atoms with E-state index in [9.17, 15) is 24.0 Å². The molecule has 0 spiro atoms. The molecule has 3 heterocycles. The fraction of sp³-hybridized carbons (Fsp3) is 0.406. The van der Waals surface area contributed by atoms with Crippen molar-refractivity contribution in [3.05, 3.63) is 64.7 Å². The van der Waals surface area contributed by atoms with Gasteiger partial charge in [-0.25, -0.2) is 14.0 Å². The molecule has 1 atom stereocenters. The molecule has 0 radical (unpaired) electrons. The summed E-state index contributed by atoms with van der Waals surface area (Å²) < 4.78 is 31.4. The Morgan fingerprint density at radius 2 is 1.81 bits per heavy atom. The van der Waals surface area contributed by atoms with Crippen molar-refractivity contribution in [1.29, 1.82) is 0 Å². The van der Waals surface area contributed by atoms with Gasteiger partial charge in [-0.2, -0.15) is 0 Å². The Balaban J connectivity index is 1.26. The molecule has 0 unspecified atom stereocenters. The highest BCUT2D eigenvalue weighted by Gasteiger charge is 2.53. The van der Waals surface area contributed by atoms with Gasteiger partial charge in [0.25, 0.3) is 17.7 Å². The number of carbonyl (C=O) groups excluding carboxylic acids is 5. The predicted octanol–water partition coefficient (Wildman–Crippen LogP) is 2.46. The van der Waals surface area contributed by atoms with E-state index in [0.29, 0.717) is 36.3 Å². The lowest BCUT2D eigenvalue weighted by molar-refractivity contribution is -0.125. The van der Waals surface area contributed by atoms with Gasteiger partial charge in [0.1, 0.15) is 28.5 Å². The number of amides is 6. The highest BCUT2D eigenvalue weighted by atomic mass is 19.1. The zero-order valence-corrected chi connectivity index (χ0v) is 26.7. The monoisotopic (exact) mass is 652 g/mol. The van der Waals surface area contributed by atoms with Gasteiger partial charge in [0.15, 0.2) is 5.54 Å². The van der Waals surface area contributed by atoms with Gasteiger partial charge < -0.3 is 39.6 Å². The number of ether oxygens (including phenoxy) is 2. The quantitative estimate of drug-likeness (QED) is 0.227. The number of alkyl carbamates (subject to hydrolysis) is 1. The minimum Gasteiger partial charge on any atom is -0.497 e. The van der Waals surface area contributed by atoms with Crippen molar-refractivity contribution in [3.63, 3.8) is 0 Å². The lowest BCUT2D eigenvalue weighted by Crippen LogP contribution is -2.52. The summed E-state index contributed by atoms with van der Waals surface area (Å²) in [7, 11) is 3.29. The van der Waals surface area contributed by atoms with E-state index in [1.54, 1.807) is 39.0 Å². The maximum Gasteiger partial charge on any atom is 0.407 e. The van der Waals surface area contributed by atoms with Crippen molar-refractivity contribution >= 4 is 40.8 Å². The fourth-order valence-corrected chi connectivity index (χ4v) is 5.41. The predicted molar refractivity (Wildman–Crippen MR) is 166 cm³/mol. The maximum atomic E-state index is 15.1. The van der Waals surface area contributed by atoms with Crippen molar-refractivity contribution in [2.24, 2.45) is 0 Å². The second-order valence-electron chi connectivity index (χ2n) is 12.5. The molecular formula is C32H37FN6O8. The van der Waals surface area contributed by atoms with E-state index in [4.69, 9.17) is 13.9 Å². The van der Waals surface area contributed by atoms with Crippen LogP contribution in [-0.4, -0.2) is 92.1 Å². The molecular weight excluding hydrogens is 615 g/mol. The molecule has 2 aromatic carbocycles. The van der Waals surface area contributed by atoms with Crippen LogP contribution in [0.2, 0.25) is 0 Å². The van der Waals surface area contributed by atoms with Crippen LogP contribution in [-0.2, 0) is 21.6 Å². The number of hydrogen-bond donors (Lipinski definition) is 4. The highest BCUT2D eigenvalue weighted by Crippen LogP contribution is 2.35. The Hall–Kier alpha value is -5.18. The largest absolute Gasteiger partial charge is 0.497 e. The summed E-state index contributed by atoms with van der Waals surface area (Å²) in [5.74, 6) is -2.15. The number of halogens is 1. The molecule has 15 heteroatoms. The van der Waals surface area contributed by atoms with Crippen molar-refractivity contribution < 1.29 is 42.3 Å². The zero-order valence-electron chi connectivity index (χ0n) is 26.7. The van der Waals surface area contributed by atoms with Gasteiger partial charge in [-0.1, -0.05) is 6.07 Å². The number of fused-ring (bicyclic) bond motifs is 2. The van der Waals surface area contributed by atoms with E-state index in [1.807, 2.05) is 11.9 Å². The number of rotatable bonds is 11. The van der Waals surface area contributed by atoms with Crippen molar-refractivity contribution in [2.75, 3.05) is 46.9 Å². The summed E-state index contributed by atoms with van der Waals surface area (Å²) in [5.41, 5.74) is -1.47. The van der Waals surface area contributed by atoms with E-state index in [-0.39, 0.29) is 42.4 Å². The van der Waals surface area contributed by atoms with Crippen LogP contribution in [0.5, 0.6) is 5.75 Å². The second kappa shape index (κ2) is 12.9.